The lowest BCUT2D eigenvalue weighted by molar-refractivity contribution is 0.0936. The van der Waals surface area contributed by atoms with Crippen LogP contribution in [-0.2, 0) is 0 Å². The minimum Gasteiger partial charge on any atom is -0.398 e. The van der Waals surface area contributed by atoms with Crippen LogP contribution in [0.15, 0.2) is 12.1 Å². The number of benzene rings is 1. The van der Waals surface area contributed by atoms with Crippen LogP contribution in [0.2, 0.25) is 0 Å². The molecule has 20 heavy (non-hydrogen) atoms. The number of halogens is 1. The summed E-state index contributed by atoms with van der Waals surface area (Å²) in [6, 6.07) is 2.80. The maximum atomic E-state index is 13.6. The zero-order chi connectivity index (χ0) is 14.7. The topological polar surface area (TPSA) is 55.1 Å². The van der Waals surface area contributed by atoms with Crippen molar-refractivity contribution < 1.29 is 9.18 Å². The molecule has 2 unspecified atom stereocenters. The fourth-order valence-corrected chi connectivity index (χ4v) is 2.85. The molecule has 0 aliphatic heterocycles. The van der Waals surface area contributed by atoms with Crippen molar-refractivity contribution in [3.8, 4) is 0 Å². The van der Waals surface area contributed by atoms with Crippen LogP contribution in [-0.4, -0.2) is 12.5 Å². The van der Waals surface area contributed by atoms with Gasteiger partial charge >= 0.3 is 0 Å². The molecule has 3 nitrogen and oxygen atoms in total. The van der Waals surface area contributed by atoms with Crippen molar-refractivity contribution in [2.45, 2.75) is 39.5 Å². The average molecular weight is 278 g/mol. The number of amides is 1. The Bertz CT molecular complexity index is 478. The van der Waals surface area contributed by atoms with Gasteiger partial charge in [0, 0.05) is 23.4 Å². The first-order chi connectivity index (χ1) is 9.49. The van der Waals surface area contributed by atoms with Crippen molar-refractivity contribution in [1.82, 2.24) is 5.32 Å². The summed E-state index contributed by atoms with van der Waals surface area (Å²) in [7, 11) is 0. The van der Waals surface area contributed by atoms with Crippen molar-refractivity contribution in [3.05, 3.63) is 29.1 Å². The SMILES string of the molecule is Cc1c(N)cc(C(=O)NCC2CCCCC2C)cc1F. The molecule has 3 N–H and O–H groups in total. The minimum atomic E-state index is -0.429. The Labute approximate surface area is 119 Å². The first-order valence-electron chi connectivity index (χ1n) is 7.33. The van der Waals surface area contributed by atoms with E-state index in [0.29, 0.717) is 35.2 Å². The smallest absolute Gasteiger partial charge is 0.251 e. The maximum Gasteiger partial charge on any atom is 0.251 e. The third-order valence-corrected chi connectivity index (χ3v) is 4.46. The molecule has 1 aliphatic rings. The highest BCUT2D eigenvalue weighted by Crippen LogP contribution is 2.29. The van der Waals surface area contributed by atoms with Crippen LogP contribution in [0.3, 0.4) is 0 Å². The second kappa shape index (κ2) is 6.25. The van der Waals surface area contributed by atoms with E-state index in [4.69, 9.17) is 5.73 Å². The Hall–Kier alpha value is -1.58. The van der Waals surface area contributed by atoms with E-state index in [9.17, 15) is 9.18 Å². The molecule has 1 aromatic carbocycles. The van der Waals surface area contributed by atoms with Crippen LogP contribution in [0.25, 0.3) is 0 Å². The number of hydrogen-bond donors (Lipinski definition) is 2. The molecule has 110 valence electrons. The average Bonchev–Trinajstić information content (AvgIpc) is 2.43. The number of carbonyl (C=O) groups excluding carboxylic acids is 1. The first kappa shape index (κ1) is 14.8. The number of hydrogen-bond acceptors (Lipinski definition) is 2. The van der Waals surface area contributed by atoms with E-state index >= 15 is 0 Å². The third-order valence-electron chi connectivity index (χ3n) is 4.46. The molecule has 2 atom stereocenters. The molecule has 1 amide bonds. The maximum absolute atomic E-state index is 13.6. The molecule has 0 bridgehead atoms. The largest absolute Gasteiger partial charge is 0.398 e. The highest BCUT2D eigenvalue weighted by molar-refractivity contribution is 5.95. The fourth-order valence-electron chi connectivity index (χ4n) is 2.85. The number of nitrogen functional groups attached to an aromatic ring is 1. The summed E-state index contributed by atoms with van der Waals surface area (Å²) in [6.45, 7) is 4.50. The number of nitrogens with two attached hydrogens (primary N) is 1. The van der Waals surface area contributed by atoms with Gasteiger partial charge in [0.1, 0.15) is 5.82 Å². The highest BCUT2D eigenvalue weighted by atomic mass is 19.1. The highest BCUT2D eigenvalue weighted by Gasteiger charge is 2.22. The summed E-state index contributed by atoms with van der Waals surface area (Å²) in [4.78, 5) is 12.1. The van der Waals surface area contributed by atoms with Crippen LogP contribution in [0.5, 0.6) is 0 Å². The van der Waals surface area contributed by atoms with E-state index in [1.54, 1.807) is 6.92 Å². The van der Waals surface area contributed by atoms with Crippen molar-refractivity contribution in [3.63, 3.8) is 0 Å². The van der Waals surface area contributed by atoms with Gasteiger partial charge in [-0.15, -0.1) is 0 Å². The van der Waals surface area contributed by atoms with Crippen LogP contribution >= 0.6 is 0 Å². The molecular weight excluding hydrogens is 255 g/mol. The molecule has 1 aromatic rings. The molecule has 0 heterocycles. The Morgan fingerprint density at radius 1 is 1.40 bits per heavy atom. The van der Waals surface area contributed by atoms with Gasteiger partial charge in [0.15, 0.2) is 0 Å². The van der Waals surface area contributed by atoms with E-state index in [-0.39, 0.29) is 5.91 Å². The van der Waals surface area contributed by atoms with Gasteiger partial charge in [-0.1, -0.05) is 26.2 Å². The quantitative estimate of drug-likeness (QED) is 0.834. The van der Waals surface area contributed by atoms with Gasteiger partial charge in [0.05, 0.1) is 0 Å². The third kappa shape index (κ3) is 3.30. The molecule has 0 aromatic heterocycles. The predicted molar refractivity (Wildman–Crippen MR) is 79.0 cm³/mol. The lowest BCUT2D eigenvalue weighted by atomic mass is 9.80. The fraction of sp³-hybridized carbons (Fsp3) is 0.562. The second-order valence-corrected chi connectivity index (χ2v) is 5.90. The molecule has 0 radical (unpaired) electrons. The second-order valence-electron chi connectivity index (χ2n) is 5.90. The van der Waals surface area contributed by atoms with Crippen molar-refractivity contribution in [2.75, 3.05) is 12.3 Å². The summed E-state index contributed by atoms with van der Waals surface area (Å²) in [6.07, 6.45) is 4.90. The van der Waals surface area contributed by atoms with Gasteiger partial charge < -0.3 is 11.1 Å². The molecule has 2 rings (SSSR count). The van der Waals surface area contributed by atoms with Gasteiger partial charge in [-0.3, -0.25) is 4.79 Å². The zero-order valence-electron chi connectivity index (χ0n) is 12.2. The van der Waals surface area contributed by atoms with E-state index in [0.717, 1.165) is 6.42 Å². The zero-order valence-corrected chi connectivity index (χ0v) is 12.2. The molecule has 0 spiro atoms. The molecule has 4 heteroatoms. The monoisotopic (exact) mass is 278 g/mol. The van der Waals surface area contributed by atoms with E-state index in [1.165, 1.54) is 31.4 Å². The van der Waals surface area contributed by atoms with Crippen LogP contribution in [0, 0.1) is 24.6 Å². The summed E-state index contributed by atoms with van der Waals surface area (Å²) < 4.78 is 13.6. The normalized spacial score (nSPS) is 22.6. The summed E-state index contributed by atoms with van der Waals surface area (Å²) >= 11 is 0. The van der Waals surface area contributed by atoms with Crippen molar-refractivity contribution >= 4 is 11.6 Å². The molecule has 1 saturated carbocycles. The molecule has 0 saturated heterocycles. The van der Waals surface area contributed by atoms with Gasteiger partial charge in [-0.25, -0.2) is 4.39 Å². The standard InChI is InChI=1S/C16H23FN2O/c1-10-5-3-4-6-12(10)9-19-16(20)13-7-14(17)11(2)15(18)8-13/h7-8,10,12H,3-6,9,18H2,1-2H3,(H,19,20). The van der Waals surface area contributed by atoms with Gasteiger partial charge in [-0.2, -0.15) is 0 Å². The number of carbonyl (C=O) groups is 1. The summed E-state index contributed by atoms with van der Waals surface area (Å²) in [5, 5.41) is 2.91. The van der Waals surface area contributed by atoms with Crippen molar-refractivity contribution in [2.24, 2.45) is 11.8 Å². The van der Waals surface area contributed by atoms with Crippen LogP contribution in [0.1, 0.15) is 48.5 Å². The number of rotatable bonds is 3. The number of anilines is 1. The number of nitrogens with one attached hydrogen (secondary N) is 1. The van der Waals surface area contributed by atoms with Crippen LogP contribution < -0.4 is 11.1 Å². The van der Waals surface area contributed by atoms with Gasteiger partial charge in [0.2, 0.25) is 0 Å². The molecule has 1 aliphatic carbocycles. The van der Waals surface area contributed by atoms with E-state index in [1.807, 2.05) is 0 Å². The predicted octanol–water partition coefficient (Wildman–Crippen LogP) is 3.27. The molecular formula is C16H23FN2O. The molecule has 1 fully saturated rings. The lowest BCUT2D eigenvalue weighted by Crippen LogP contribution is -2.33. The van der Waals surface area contributed by atoms with Gasteiger partial charge in [-0.05, 0) is 37.3 Å². The van der Waals surface area contributed by atoms with Crippen molar-refractivity contribution in [1.29, 1.82) is 0 Å². The van der Waals surface area contributed by atoms with E-state index < -0.39 is 5.82 Å². The Morgan fingerprint density at radius 2 is 2.10 bits per heavy atom. The minimum absolute atomic E-state index is 0.242. The van der Waals surface area contributed by atoms with Crippen LogP contribution in [0.4, 0.5) is 10.1 Å². The lowest BCUT2D eigenvalue weighted by Gasteiger charge is -2.28. The Kier molecular flexibility index (Phi) is 4.63. The van der Waals surface area contributed by atoms with E-state index in [2.05, 4.69) is 12.2 Å². The Balaban J connectivity index is 1.98. The summed E-state index contributed by atoms with van der Waals surface area (Å²) in [5.41, 5.74) is 6.71. The summed E-state index contributed by atoms with van der Waals surface area (Å²) in [5.74, 6) is 0.499. The van der Waals surface area contributed by atoms with Gasteiger partial charge in [0.25, 0.3) is 5.91 Å². The first-order valence-corrected chi connectivity index (χ1v) is 7.33. The Morgan fingerprint density at radius 3 is 2.75 bits per heavy atom.